The Kier molecular flexibility index (Phi) is 11.3. The van der Waals surface area contributed by atoms with Crippen LogP contribution < -0.4 is 20.8 Å². The third kappa shape index (κ3) is 7.26. The van der Waals surface area contributed by atoms with Crippen LogP contribution in [0.25, 0.3) is 0 Å². The highest BCUT2D eigenvalue weighted by Crippen LogP contribution is 2.51. The second kappa shape index (κ2) is 15.8. The van der Waals surface area contributed by atoms with Gasteiger partial charge >= 0.3 is 12.0 Å². The molecule has 2 fully saturated rings. The highest BCUT2D eigenvalue weighted by Gasteiger charge is 2.56. The first kappa shape index (κ1) is 38.7. The van der Waals surface area contributed by atoms with Crippen molar-refractivity contribution in [1.82, 2.24) is 9.80 Å². The fraction of sp³-hybridized carbons (Fsp3) is 0.279. The zero-order valence-corrected chi connectivity index (χ0v) is 33.4. The van der Waals surface area contributed by atoms with Crippen LogP contribution in [-0.2, 0) is 20.4 Å². The average Bonchev–Trinajstić information content (AvgIpc) is 3.49. The molecule has 1 N–H and O–H groups in total. The van der Waals surface area contributed by atoms with Crippen LogP contribution in [0.15, 0.2) is 122 Å². The SMILES string of the molecule is C=CCc1ccccc1P(=C(C(=O)O)N1C(=O)[C@H]([C@@H](C)O[Si](C)(C)C)[C@H]1CC(=O)c1ccc(N2CCN(C)C2=O)cc1)(c1ccccc1)c1ccccc1. The molecule has 0 spiro atoms. The second-order valence-electron chi connectivity index (χ2n) is 14.9. The molecule has 2 saturated heterocycles. The van der Waals surface area contributed by atoms with Crippen molar-refractivity contribution in [3.8, 4) is 0 Å². The van der Waals surface area contributed by atoms with E-state index in [4.69, 9.17) is 4.43 Å². The van der Waals surface area contributed by atoms with E-state index in [-0.39, 0.29) is 29.6 Å². The molecule has 3 atom stereocenters. The lowest BCUT2D eigenvalue weighted by Gasteiger charge is -2.52. The summed E-state index contributed by atoms with van der Waals surface area (Å²) in [7, 11) is -0.405. The van der Waals surface area contributed by atoms with Gasteiger partial charge in [-0.15, -0.1) is 6.58 Å². The van der Waals surface area contributed by atoms with Gasteiger partial charge < -0.3 is 19.3 Å². The van der Waals surface area contributed by atoms with E-state index in [9.17, 15) is 24.3 Å². The van der Waals surface area contributed by atoms with Gasteiger partial charge in [-0.3, -0.25) is 14.5 Å². The molecule has 2 aliphatic heterocycles. The van der Waals surface area contributed by atoms with E-state index in [0.29, 0.717) is 30.8 Å². The minimum atomic E-state index is -3.34. The topological polar surface area (TPSA) is 107 Å². The molecule has 0 aromatic heterocycles. The third-order valence-electron chi connectivity index (χ3n) is 10.2. The van der Waals surface area contributed by atoms with Gasteiger partial charge in [0.05, 0.1) is 18.1 Å². The van der Waals surface area contributed by atoms with Crippen LogP contribution >= 0.6 is 6.89 Å². The summed E-state index contributed by atoms with van der Waals surface area (Å²) in [5.74, 6) is -2.58. The van der Waals surface area contributed by atoms with Crippen molar-refractivity contribution in [2.24, 2.45) is 5.92 Å². The lowest BCUT2D eigenvalue weighted by molar-refractivity contribution is -0.155. The van der Waals surface area contributed by atoms with Crippen LogP contribution in [0.5, 0.6) is 0 Å². The predicted molar refractivity (Wildman–Crippen MR) is 220 cm³/mol. The summed E-state index contributed by atoms with van der Waals surface area (Å²) < 4.78 is 6.48. The van der Waals surface area contributed by atoms with E-state index < -0.39 is 39.2 Å². The molecular weight excluding hydrogens is 714 g/mol. The zero-order chi connectivity index (χ0) is 38.8. The number of allylic oxidation sites excluding steroid dienone is 1. The lowest BCUT2D eigenvalue weighted by atomic mass is 9.79. The van der Waals surface area contributed by atoms with Crippen molar-refractivity contribution >= 4 is 65.9 Å². The molecule has 4 aromatic carbocycles. The van der Waals surface area contributed by atoms with Gasteiger partial charge in [-0.25, -0.2) is 9.59 Å². The Hall–Kier alpha value is -5.02. The minimum absolute atomic E-state index is 0.0392. The van der Waals surface area contributed by atoms with Crippen molar-refractivity contribution in [2.45, 2.75) is 51.6 Å². The average molecular weight is 762 g/mol. The summed E-state index contributed by atoms with van der Waals surface area (Å²) in [6.45, 7) is 9.81. The number of Topliss-reactive ketones (excluding diaryl/α,β-unsaturated/α-hetero) is 1. The van der Waals surface area contributed by atoms with Crippen LogP contribution in [0.3, 0.4) is 0 Å². The first-order valence-corrected chi connectivity index (χ1v) is 23.5. The second-order valence-corrected chi connectivity index (χ2v) is 22.6. The van der Waals surface area contributed by atoms with E-state index in [1.54, 1.807) is 47.2 Å². The summed E-state index contributed by atoms with van der Waals surface area (Å²) in [5, 5.41) is 13.9. The van der Waals surface area contributed by atoms with Crippen molar-refractivity contribution in [3.63, 3.8) is 0 Å². The van der Waals surface area contributed by atoms with E-state index >= 15 is 0 Å². The lowest BCUT2D eigenvalue weighted by Crippen LogP contribution is -2.69. The zero-order valence-electron chi connectivity index (χ0n) is 31.5. The number of benzene rings is 4. The first-order chi connectivity index (χ1) is 25.8. The Bertz CT molecular complexity index is 2070. The highest BCUT2D eigenvalue weighted by molar-refractivity contribution is 7.96. The van der Waals surface area contributed by atoms with E-state index in [0.717, 1.165) is 21.5 Å². The van der Waals surface area contributed by atoms with Crippen molar-refractivity contribution in [2.75, 3.05) is 25.0 Å². The number of carboxylic acid groups (broad SMARTS) is 1. The molecule has 0 aliphatic carbocycles. The number of aliphatic carboxylic acids is 1. The van der Waals surface area contributed by atoms with Gasteiger partial charge in [0.2, 0.25) is 5.91 Å². The van der Waals surface area contributed by atoms with Gasteiger partial charge in [0, 0.05) is 44.7 Å². The summed E-state index contributed by atoms with van der Waals surface area (Å²) in [5.41, 5.74) is 1.97. The van der Waals surface area contributed by atoms with E-state index in [1.807, 2.05) is 111 Å². The number of carbonyl (C=O) groups excluding carboxylic acids is 3. The Morgan fingerprint density at radius 2 is 1.46 bits per heavy atom. The van der Waals surface area contributed by atoms with E-state index in [1.165, 1.54) is 4.90 Å². The Morgan fingerprint density at radius 1 is 0.889 bits per heavy atom. The molecule has 54 heavy (non-hydrogen) atoms. The largest absolute Gasteiger partial charge is 0.477 e. The molecule has 0 unspecified atom stereocenters. The number of urea groups is 1. The van der Waals surface area contributed by atoms with E-state index in [2.05, 4.69) is 6.58 Å². The van der Waals surface area contributed by atoms with Crippen LogP contribution in [0.1, 0.15) is 29.3 Å². The molecule has 0 saturated carbocycles. The monoisotopic (exact) mass is 761 g/mol. The molecule has 280 valence electrons. The quantitative estimate of drug-likeness (QED) is 0.0545. The summed E-state index contributed by atoms with van der Waals surface area (Å²) in [4.78, 5) is 60.6. The Labute approximate surface area is 319 Å². The van der Waals surface area contributed by atoms with Gasteiger partial charge in [0.15, 0.2) is 14.1 Å². The number of carboxylic acids is 1. The van der Waals surface area contributed by atoms with Crippen molar-refractivity contribution < 1.29 is 28.7 Å². The predicted octanol–water partition coefficient (Wildman–Crippen LogP) is 6.14. The number of ketones is 1. The number of hydrogen-bond acceptors (Lipinski definition) is 5. The number of nitrogens with zero attached hydrogens (tertiary/aromatic N) is 3. The Balaban J connectivity index is 1.57. The number of hydrogen-bond donors (Lipinski definition) is 1. The molecule has 4 aromatic rings. The molecule has 2 heterocycles. The molecule has 11 heteroatoms. The maximum absolute atomic E-state index is 14.8. The summed E-state index contributed by atoms with van der Waals surface area (Å²) >= 11 is 0. The Morgan fingerprint density at radius 3 is 1.98 bits per heavy atom. The van der Waals surface area contributed by atoms with Gasteiger partial charge in [0.25, 0.3) is 0 Å². The van der Waals surface area contributed by atoms with Crippen molar-refractivity contribution in [1.29, 1.82) is 0 Å². The number of amides is 3. The number of likely N-dealkylation sites (tertiary alicyclic amines) is 1. The molecular formula is C43H48N3O6PSi. The van der Waals surface area contributed by atoms with Crippen LogP contribution in [-0.4, -0.2) is 84.6 Å². The smallest absolute Gasteiger partial charge is 0.353 e. The third-order valence-corrected chi connectivity index (χ3v) is 15.6. The normalized spacial score (nSPS) is 18.0. The minimum Gasteiger partial charge on any atom is -0.477 e. The molecule has 9 nitrogen and oxygen atoms in total. The molecule has 0 radical (unpaired) electrons. The van der Waals surface area contributed by atoms with Crippen LogP contribution in [0.4, 0.5) is 10.5 Å². The maximum Gasteiger partial charge on any atom is 0.353 e. The van der Waals surface area contributed by atoms with Crippen LogP contribution in [0, 0.1) is 5.92 Å². The fourth-order valence-electron chi connectivity index (χ4n) is 7.88. The number of likely N-dealkylation sites (N-methyl/N-ethyl adjacent to an activating group) is 1. The van der Waals surface area contributed by atoms with Gasteiger partial charge in [0.1, 0.15) is 5.42 Å². The number of carbonyl (C=O) groups is 4. The molecule has 2 aliphatic rings. The van der Waals surface area contributed by atoms with Crippen LogP contribution in [0.2, 0.25) is 19.6 Å². The number of rotatable bonds is 14. The standard InChI is InChI=1S/C43H48N3O6PSi/c1-7-16-32-17-14-15-22-38(32)53(34-18-10-8-11-19-34,35-20-12-9-13-21-35)41(42(49)50)46-36(39(40(46)48)30(2)52-54(4,5)6)29-37(47)31-23-25-33(26-24-31)45-28-27-44(3)43(45)51/h7-15,17-26,30,36,39H,1,16,27-29H2,2-6H3,(H,49,50)/t30-,36-,39-/m1/s1. The number of β-lactam (4-membered cyclic amide) rings is 1. The molecule has 3 amide bonds. The highest BCUT2D eigenvalue weighted by atomic mass is 31.2. The first-order valence-electron chi connectivity index (χ1n) is 18.3. The van der Waals surface area contributed by atoms with Gasteiger partial charge in [-0.2, -0.15) is 0 Å². The molecule has 6 rings (SSSR count). The molecule has 0 bridgehead atoms. The van der Waals surface area contributed by atoms with Gasteiger partial charge in [-0.1, -0.05) is 91.0 Å². The maximum atomic E-state index is 14.8. The number of anilines is 1. The van der Waals surface area contributed by atoms with Gasteiger partial charge in [-0.05, 0) is 78.7 Å². The van der Waals surface area contributed by atoms with Crippen molar-refractivity contribution in [3.05, 3.63) is 133 Å². The summed E-state index contributed by atoms with van der Waals surface area (Å²) in [6.07, 6.45) is 1.62. The summed E-state index contributed by atoms with van der Waals surface area (Å²) in [6, 6.07) is 32.9. The fourth-order valence-corrected chi connectivity index (χ4v) is 13.7.